The van der Waals surface area contributed by atoms with E-state index in [1.807, 2.05) is 19.1 Å². The van der Waals surface area contributed by atoms with E-state index in [2.05, 4.69) is 37.9 Å². The summed E-state index contributed by atoms with van der Waals surface area (Å²) in [5, 5.41) is 0. The van der Waals surface area contributed by atoms with Gasteiger partial charge >= 0.3 is 0 Å². The molecule has 0 aromatic heterocycles. The maximum absolute atomic E-state index is 3.35. The highest BCUT2D eigenvalue weighted by atomic mass is 79.9. The van der Waals surface area contributed by atoms with E-state index in [4.69, 9.17) is 0 Å². The topological polar surface area (TPSA) is 0 Å². The third kappa shape index (κ3) is 1.80. The molecule has 1 aromatic rings. The van der Waals surface area contributed by atoms with Crippen molar-refractivity contribution in [1.29, 1.82) is 0 Å². The Hall–Kier alpha value is 0.180. The quantitative estimate of drug-likeness (QED) is 0.661. The summed E-state index contributed by atoms with van der Waals surface area (Å²) in [4.78, 5) is 0. The van der Waals surface area contributed by atoms with Crippen molar-refractivity contribution in [3.05, 3.63) is 32.7 Å². The lowest BCUT2D eigenvalue weighted by molar-refractivity contribution is 1.42. The van der Waals surface area contributed by atoms with Crippen molar-refractivity contribution in [2.24, 2.45) is 0 Å². The molecule has 0 bridgehead atoms. The standard InChI is InChI=1S/C7H5Br2/c1-5-2-3-6(8)7(9)4-5/h2-3H,1H3. The summed E-state index contributed by atoms with van der Waals surface area (Å²) in [6, 6.07) is 7.11. The lowest BCUT2D eigenvalue weighted by Gasteiger charge is -1.94. The van der Waals surface area contributed by atoms with Crippen molar-refractivity contribution in [1.82, 2.24) is 0 Å². The molecule has 47 valence electrons. The van der Waals surface area contributed by atoms with Gasteiger partial charge in [0.15, 0.2) is 0 Å². The molecule has 9 heavy (non-hydrogen) atoms. The fourth-order valence-corrected chi connectivity index (χ4v) is 1.22. The molecule has 0 nitrogen and oxygen atoms in total. The fraction of sp³-hybridized carbons (Fsp3) is 0.143. The van der Waals surface area contributed by atoms with Crippen LogP contribution in [0, 0.1) is 13.0 Å². The second kappa shape index (κ2) is 2.84. The third-order valence-electron chi connectivity index (χ3n) is 0.996. The van der Waals surface area contributed by atoms with E-state index in [1.54, 1.807) is 0 Å². The van der Waals surface area contributed by atoms with Gasteiger partial charge in [-0.1, -0.05) is 6.07 Å². The molecule has 0 unspecified atom stereocenters. The molecular weight excluding hydrogens is 244 g/mol. The summed E-state index contributed by atoms with van der Waals surface area (Å²) in [6.45, 7) is 2.01. The molecular formula is C7H5Br2. The Morgan fingerprint density at radius 2 is 2.00 bits per heavy atom. The Morgan fingerprint density at radius 3 is 2.44 bits per heavy atom. The smallest absolute Gasteiger partial charge is 0.0399 e. The number of halogens is 2. The van der Waals surface area contributed by atoms with Crippen LogP contribution in [0.3, 0.4) is 0 Å². The van der Waals surface area contributed by atoms with Crippen LogP contribution in [0.2, 0.25) is 0 Å². The molecule has 2 heteroatoms. The minimum atomic E-state index is 0.988. The summed E-state index contributed by atoms with van der Waals surface area (Å²) < 4.78 is 2.04. The predicted octanol–water partition coefficient (Wildman–Crippen LogP) is 3.32. The monoisotopic (exact) mass is 247 g/mol. The van der Waals surface area contributed by atoms with E-state index >= 15 is 0 Å². The van der Waals surface area contributed by atoms with Crippen molar-refractivity contribution in [2.75, 3.05) is 0 Å². The second-order valence-electron chi connectivity index (χ2n) is 1.80. The van der Waals surface area contributed by atoms with Gasteiger partial charge in [0.1, 0.15) is 0 Å². The first-order chi connectivity index (χ1) is 4.20. The zero-order valence-electron chi connectivity index (χ0n) is 4.91. The van der Waals surface area contributed by atoms with Gasteiger partial charge in [-0.15, -0.1) is 0 Å². The highest BCUT2D eigenvalue weighted by Crippen LogP contribution is 2.22. The van der Waals surface area contributed by atoms with Crippen molar-refractivity contribution < 1.29 is 0 Å². The number of hydrogen-bond acceptors (Lipinski definition) is 0. The Labute approximate surface area is 71.5 Å². The minimum absolute atomic E-state index is 0.988. The maximum Gasteiger partial charge on any atom is 0.0399 e. The van der Waals surface area contributed by atoms with Crippen LogP contribution < -0.4 is 0 Å². The molecule has 0 atom stereocenters. The molecule has 0 N–H and O–H groups in total. The van der Waals surface area contributed by atoms with Crippen LogP contribution in [0.25, 0.3) is 0 Å². The molecule has 0 amide bonds. The maximum atomic E-state index is 3.35. The summed E-state index contributed by atoms with van der Waals surface area (Å²) >= 11 is 6.69. The van der Waals surface area contributed by atoms with Crippen LogP contribution >= 0.6 is 31.9 Å². The van der Waals surface area contributed by atoms with E-state index in [1.165, 1.54) is 0 Å². The largest absolute Gasteiger partial charge is 0.0575 e. The van der Waals surface area contributed by atoms with Crippen molar-refractivity contribution in [3.63, 3.8) is 0 Å². The van der Waals surface area contributed by atoms with Crippen LogP contribution in [-0.2, 0) is 0 Å². The Bertz CT molecular complexity index is 218. The minimum Gasteiger partial charge on any atom is -0.0575 e. The first-order valence-electron chi connectivity index (χ1n) is 2.54. The van der Waals surface area contributed by atoms with Crippen LogP contribution in [0.1, 0.15) is 5.56 Å². The summed E-state index contributed by atoms with van der Waals surface area (Å²) in [5.41, 5.74) is 1.14. The molecule has 0 spiro atoms. The molecule has 0 aliphatic carbocycles. The number of hydrogen-bond donors (Lipinski definition) is 0. The first-order valence-corrected chi connectivity index (χ1v) is 4.12. The molecule has 0 aliphatic rings. The van der Waals surface area contributed by atoms with Crippen LogP contribution in [0.4, 0.5) is 0 Å². The first kappa shape index (κ1) is 7.29. The molecule has 0 heterocycles. The predicted molar refractivity (Wildman–Crippen MR) is 45.4 cm³/mol. The number of aryl methyl sites for hydroxylation is 1. The van der Waals surface area contributed by atoms with Gasteiger partial charge in [-0.3, -0.25) is 0 Å². The Balaban J connectivity index is 3.17. The molecule has 0 saturated carbocycles. The van der Waals surface area contributed by atoms with Crippen molar-refractivity contribution in [3.8, 4) is 0 Å². The SMILES string of the molecule is Cc1[c]c(Br)c(Br)cc1. The lowest BCUT2D eigenvalue weighted by Crippen LogP contribution is -1.72. The van der Waals surface area contributed by atoms with Crippen molar-refractivity contribution in [2.45, 2.75) is 6.92 Å². The van der Waals surface area contributed by atoms with Crippen molar-refractivity contribution >= 4 is 31.9 Å². The van der Waals surface area contributed by atoms with E-state index in [-0.39, 0.29) is 0 Å². The van der Waals surface area contributed by atoms with E-state index < -0.39 is 0 Å². The molecule has 0 aliphatic heterocycles. The van der Waals surface area contributed by atoms with Gasteiger partial charge < -0.3 is 0 Å². The lowest BCUT2D eigenvalue weighted by atomic mass is 10.2. The summed E-state index contributed by atoms with van der Waals surface area (Å²) in [5.74, 6) is 0. The van der Waals surface area contributed by atoms with Gasteiger partial charge in [0.2, 0.25) is 0 Å². The van der Waals surface area contributed by atoms with Gasteiger partial charge in [0, 0.05) is 15.0 Å². The molecule has 0 saturated heterocycles. The second-order valence-corrected chi connectivity index (χ2v) is 3.45. The van der Waals surface area contributed by atoms with Crippen LogP contribution in [-0.4, -0.2) is 0 Å². The molecule has 0 fully saturated rings. The number of rotatable bonds is 0. The van der Waals surface area contributed by atoms with Gasteiger partial charge in [-0.05, 0) is 50.4 Å². The summed E-state index contributed by atoms with van der Waals surface area (Å²) in [7, 11) is 0. The molecule has 1 radical (unpaired) electrons. The molecule has 1 rings (SSSR count). The van der Waals surface area contributed by atoms with Gasteiger partial charge in [0.05, 0.1) is 0 Å². The van der Waals surface area contributed by atoms with E-state index in [0.29, 0.717) is 0 Å². The normalized spacial score (nSPS) is 9.67. The Kier molecular flexibility index (Phi) is 2.30. The van der Waals surface area contributed by atoms with Gasteiger partial charge in [0.25, 0.3) is 0 Å². The van der Waals surface area contributed by atoms with E-state index in [9.17, 15) is 0 Å². The van der Waals surface area contributed by atoms with Crippen LogP contribution in [0.15, 0.2) is 21.1 Å². The number of benzene rings is 1. The Morgan fingerprint density at radius 1 is 1.33 bits per heavy atom. The average Bonchev–Trinajstić information content (AvgIpc) is 1.80. The average molecular weight is 249 g/mol. The van der Waals surface area contributed by atoms with E-state index in [0.717, 1.165) is 14.5 Å². The molecule has 1 aromatic carbocycles. The van der Waals surface area contributed by atoms with Gasteiger partial charge in [-0.25, -0.2) is 0 Å². The van der Waals surface area contributed by atoms with Gasteiger partial charge in [-0.2, -0.15) is 0 Å². The fourth-order valence-electron chi connectivity index (χ4n) is 0.546. The highest BCUT2D eigenvalue weighted by Gasteiger charge is 1.93. The van der Waals surface area contributed by atoms with Crippen LogP contribution in [0.5, 0.6) is 0 Å². The third-order valence-corrected chi connectivity index (χ3v) is 2.81. The zero-order valence-corrected chi connectivity index (χ0v) is 8.08. The summed E-state index contributed by atoms with van der Waals surface area (Å²) in [6.07, 6.45) is 0. The zero-order chi connectivity index (χ0) is 6.85. The highest BCUT2D eigenvalue weighted by molar-refractivity contribution is 9.13.